The van der Waals surface area contributed by atoms with Gasteiger partial charge in [-0.25, -0.2) is 0 Å². The molecule has 0 bridgehead atoms. The SMILES string of the molecule is Cl.NC1(CCO)CSC1. The normalized spacial score (nSPS) is 22.0. The van der Waals surface area contributed by atoms with E-state index >= 15 is 0 Å². The van der Waals surface area contributed by atoms with Crippen molar-refractivity contribution in [2.45, 2.75) is 12.0 Å². The van der Waals surface area contributed by atoms with Crippen LogP contribution in [0.4, 0.5) is 0 Å². The first-order chi connectivity index (χ1) is 3.77. The molecule has 2 nitrogen and oxygen atoms in total. The van der Waals surface area contributed by atoms with E-state index in [1.165, 1.54) is 0 Å². The molecular formula is C5H12ClNOS. The molecule has 56 valence electrons. The fraction of sp³-hybridized carbons (Fsp3) is 1.00. The maximum atomic E-state index is 8.48. The largest absolute Gasteiger partial charge is 0.396 e. The molecule has 0 saturated carbocycles. The third-order valence-corrected chi connectivity index (χ3v) is 2.95. The van der Waals surface area contributed by atoms with Crippen LogP contribution in [0.25, 0.3) is 0 Å². The second kappa shape index (κ2) is 3.66. The molecule has 0 radical (unpaired) electrons. The molecule has 0 aromatic rings. The molecular weight excluding hydrogens is 158 g/mol. The molecule has 1 aliphatic rings. The van der Waals surface area contributed by atoms with Crippen LogP contribution in [-0.2, 0) is 0 Å². The van der Waals surface area contributed by atoms with E-state index in [0.29, 0.717) is 0 Å². The van der Waals surface area contributed by atoms with E-state index in [1.54, 1.807) is 0 Å². The van der Waals surface area contributed by atoms with Crippen LogP contribution < -0.4 is 5.73 Å². The minimum Gasteiger partial charge on any atom is -0.396 e. The second-order valence-electron chi connectivity index (χ2n) is 2.33. The van der Waals surface area contributed by atoms with Crippen molar-refractivity contribution in [3.05, 3.63) is 0 Å². The third kappa shape index (κ3) is 2.34. The first-order valence-electron chi connectivity index (χ1n) is 2.74. The quantitative estimate of drug-likeness (QED) is 0.623. The zero-order valence-electron chi connectivity index (χ0n) is 5.17. The van der Waals surface area contributed by atoms with E-state index in [2.05, 4.69) is 0 Å². The standard InChI is InChI=1S/C5H11NOS.ClH/c6-5(1-2-7)3-8-4-5;/h7H,1-4,6H2;1H. The lowest BCUT2D eigenvalue weighted by Gasteiger charge is -2.36. The van der Waals surface area contributed by atoms with Crippen molar-refractivity contribution < 1.29 is 5.11 Å². The third-order valence-electron chi connectivity index (χ3n) is 1.39. The number of hydrogen-bond donors (Lipinski definition) is 2. The second-order valence-corrected chi connectivity index (χ2v) is 3.31. The van der Waals surface area contributed by atoms with Crippen molar-refractivity contribution in [2.75, 3.05) is 18.1 Å². The van der Waals surface area contributed by atoms with Gasteiger partial charge in [0.1, 0.15) is 0 Å². The van der Waals surface area contributed by atoms with Crippen LogP contribution in [0, 0.1) is 0 Å². The Morgan fingerprint density at radius 2 is 2.11 bits per heavy atom. The zero-order valence-corrected chi connectivity index (χ0v) is 6.80. The van der Waals surface area contributed by atoms with Gasteiger partial charge in [0.15, 0.2) is 0 Å². The highest BCUT2D eigenvalue weighted by atomic mass is 35.5. The summed E-state index contributed by atoms with van der Waals surface area (Å²) >= 11 is 1.85. The summed E-state index contributed by atoms with van der Waals surface area (Å²) in [6, 6.07) is 0. The first kappa shape index (κ1) is 9.56. The van der Waals surface area contributed by atoms with Gasteiger partial charge in [-0.15, -0.1) is 12.4 Å². The molecule has 0 aromatic heterocycles. The molecule has 4 heteroatoms. The molecule has 1 fully saturated rings. The Labute approximate surface area is 65.6 Å². The number of aliphatic hydroxyl groups is 1. The summed E-state index contributed by atoms with van der Waals surface area (Å²) < 4.78 is 0. The minimum absolute atomic E-state index is 0. The molecule has 1 rings (SSSR count). The molecule has 9 heavy (non-hydrogen) atoms. The molecule has 0 amide bonds. The molecule has 0 spiro atoms. The van der Waals surface area contributed by atoms with Gasteiger partial charge in [0, 0.05) is 23.7 Å². The van der Waals surface area contributed by atoms with E-state index in [9.17, 15) is 0 Å². The lowest BCUT2D eigenvalue weighted by atomic mass is 10.0. The lowest BCUT2D eigenvalue weighted by molar-refractivity contribution is 0.253. The van der Waals surface area contributed by atoms with Crippen molar-refractivity contribution in [1.29, 1.82) is 0 Å². The van der Waals surface area contributed by atoms with E-state index < -0.39 is 0 Å². The monoisotopic (exact) mass is 169 g/mol. The van der Waals surface area contributed by atoms with Crippen LogP contribution in [-0.4, -0.2) is 28.8 Å². The Balaban J connectivity index is 0.000000640. The fourth-order valence-corrected chi connectivity index (χ4v) is 1.75. The molecule has 0 unspecified atom stereocenters. The predicted octanol–water partition coefficient (Wildman–Crippen LogP) is 0.235. The van der Waals surface area contributed by atoms with Crippen LogP contribution in [0.2, 0.25) is 0 Å². The number of rotatable bonds is 2. The average molecular weight is 170 g/mol. The summed E-state index contributed by atoms with van der Waals surface area (Å²) in [5, 5.41) is 8.48. The van der Waals surface area contributed by atoms with E-state index in [4.69, 9.17) is 10.8 Å². The van der Waals surface area contributed by atoms with Gasteiger partial charge in [-0.3, -0.25) is 0 Å². The molecule has 3 N–H and O–H groups in total. The molecule has 0 aliphatic carbocycles. The number of thioether (sulfide) groups is 1. The summed E-state index contributed by atoms with van der Waals surface area (Å²) in [5.74, 6) is 2.04. The van der Waals surface area contributed by atoms with E-state index in [0.717, 1.165) is 17.9 Å². The molecule has 1 aliphatic heterocycles. The Morgan fingerprint density at radius 3 is 2.22 bits per heavy atom. The van der Waals surface area contributed by atoms with Crippen LogP contribution >= 0.6 is 24.2 Å². The van der Waals surface area contributed by atoms with Gasteiger partial charge in [-0.1, -0.05) is 0 Å². The zero-order chi connectivity index (χ0) is 6.04. The predicted molar refractivity (Wildman–Crippen MR) is 43.2 cm³/mol. The van der Waals surface area contributed by atoms with E-state index in [1.807, 2.05) is 11.8 Å². The van der Waals surface area contributed by atoms with Gasteiger partial charge >= 0.3 is 0 Å². The van der Waals surface area contributed by atoms with Gasteiger partial charge in [-0.2, -0.15) is 11.8 Å². The topological polar surface area (TPSA) is 46.2 Å². The fourth-order valence-electron chi connectivity index (χ4n) is 0.731. The van der Waals surface area contributed by atoms with Crippen molar-refractivity contribution in [2.24, 2.45) is 5.73 Å². The van der Waals surface area contributed by atoms with Gasteiger partial charge in [0.25, 0.3) is 0 Å². The lowest BCUT2D eigenvalue weighted by Crippen LogP contribution is -2.52. The average Bonchev–Trinajstić information content (AvgIpc) is 1.64. The number of hydrogen-bond acceptors (Lipinski definition) is 3. The van der Waals surface area contributed by atoms with Gasteiger partial charge < -0.3 is 10.8 Å². The Kier molecular flexibility index (Phi) is 3.89. The number of aliphatic hydroxyl groups excluding tert-OH is 1. The summed E-state index contributed by atoms with van der Waals surface area (Å²) in [7, 11) is 0. The minimum atomic E-state index is -0.0145. The summed E-state index contributed by atoms with van der Waals surface area (Å²) in [6.07, 6.45) is 0.764. The molecule has 1 heterocycles. The van der Waals surface area contributed by atoms with Crippen molar-refractivity contribution >= 4 is 24.2 Å². The van der Waals surface area contributed by atoms with Crippen LogP contribution in [0.15, 0.2) is 0 Å². The van der Waals surface area contributed by atoms with Crippen LogP contribution in [0.1, 0.15) is 6.42 Å². The molecule has 1 saturated heterocycles. The first-order valence-corrected chi connectivity index (χ1v) is 3.90. The smallest absolute Gasteiger partial charge is 0.0449 e. The summed E-state index contributed by atoms with van der Waals surface area (Å²) in [4.78, 5) is 0. The Bertz CT molecular complexity index is 87.0. The Hall–Kier alpha value is 0.560. The van der Waals surface area contributed by atoms with Crippen molar-refractivity contribution in [3.63, 3.8) is 0 Å². The summed E-state index contributed by atoms with van der Waals surface area (Å²) in [6.45, 7) is 0.233. The molecule has 0 aromatic carbocycles. The van der Waals surface area contributed by atoms with Crippen molar-refractivity contribution in [1.82, 2.24) is 0 Å². The maximum absolute atomic E-state index is 8.48. The van der Waals surface area contributed by atoms with E-state index in [-0.39, 0.29) is 24.6 Å². The van der Waals surface area contributed by atoms with Crippen LogP contribution in [0.3, 0.4) is 0 Å². The van der Waals surface area contributed by atoms with Gasteiger partial charge in [0.05, 0.1) is 0 Å². The summed E-state index contributed by atoms with van der Waals surface area (Å²) in [5.41, 5.74) is 5.72. The maximum Gasteiger partial charge on any atom is 0.0449 e. The van der Waals surface area contributed by atoms with Crippen molar-refractivity contribution in [3.8, 4) is 0 Å². The number of halogens is 1. The number of nitrogens with two attached hydrogens (primary N) is 1. The highest BCUT2D eigenvalue weighted by Gasteiger charge is 2.32. The van der Waals surface area contributed by atoms with Crippen LogP contribution in [0.5, 0.6) is 0 Å². The molecule has 0 atom stereocenters. The van der Waals surface area contributed by atoms with Gasteiger partial charge in [-0.05, 0) is 6.42 Å². The van der Waals surface area contributed by atoms with Gasteiger partial charge in [0.2, 0.25) is 0 Å². The highest BCUT2D eigenvalue weighted by molar-refractivity contribution is 8.00. The Morgan fingerprint density at radius 1 is 1.56 bits per heavy atom. The highest BCUT2D eigenvalue weighted by Crippen LogP contribution is 2.29.